The highest BCUT2D eigenvalue weighted by Crippen LogP contribution is 2.31. The van der Waals surface area contributed by atoms with Crippen molar-refractivity contribution in [3.8, 4) is 0 Å². The van der Waals surface area contributed by atoms with Gasteiger partial charge in [-0.2, -0.15) is 0 Å². The molecule has 0 bridgehead atoms. The number of benzene rings is 2. The molecule has 3 rings (SSSR count). The van der Waals surface area contributed by atoms with Crippen LogP contribution in [0.4, 0.5) is 0 Å². The molecule has 0 saturated heterocycles. The molecule has 2 nitrogen and oxygen atoms in total. The zero-order chi connectivity index (χ0) is 11.1. The second kappa shape index (κ2) is 3.29. The first-order valence-corrected chi connectivity index (χ1v) is 5.19. The summed E-state index contributed by atoms with van der Waals surface area (Å²) in [5.74, 6) is -0.247. The fourth-order valence-electron chi connectivity index (χ4n) is 2.15. The summed E-state index contributed by atoms with van der Waals surface area (Å²) in [6, 6.07) is 11.7. The van der Waals surface area contributed by atoms with Crippen LogP contribution in [-0.4, -0.2) is 10.9 Å². The molecule has 0 fully saturated rings. The molecular formula is C14H10O2. The van der Waals surface area contributed by atoms with Crippen LogP contribution in [0.1, 0.15) is 17.2 Å². The van der Waals surface area contributed by atoms with Crippen molar-refractivity contribution >= 4 is 22.6 Å². The minimum Gasteiger partial charge on any atom is -0.380 e. The van der Waals surface area contributed by atoms with Crippen molar-refractivity contribution in [2.75, 3.05) is 0 Å². The second-order valence-electron chi connectivity index (χ2n) is 3.93. The predicted octanol–water partition coefficient (Wildman–Crippen LogP) is 2.47. The normalized spacial score (nSPS) is 18.8. The Hall–Kier alpha value is -1.93. The van der Waals surface area contributed by atoms with Crippen LogP contribution in [-0.2, 0) is 4.79 Å². The second-order valence-corrected chi connectivity index (χ2v) is 3.93. The Morgan fingerprint density at radius 1 is 1.00 bits per heavy atom. The van der Waals surface area contributed by atoms with Gasteiger partial charge in [0.2, 0.25) is 0 Å². The molecule has 0 radical (unpaired) electrons. The Morgan fingerprint density at radius 2 is 1.81 bits per heavy atom. The van der Waals surface area contributed by atoms with Gasteiger partial charge in [-0.3, -0.25) is 4.79 Å². The summed E-state index contributed by atoms with van der Waals surface area (Å²) in [6.07, 6.45) is 2.22. The van der Waals surface area contributed by atoms with E-state index in [4.69, 9.17) is 0 Å². The minimum absolute atomic E-state index is 0.247. The van der Waals surface area contributed by atoms with Crippen molar-refractivity contribution in [2.45, 2.75) is 6.10 Å². The number of hydrogen-bond donors (Lipinski definition) is 1. The van der Waals surface area contributed by atoms with E-state index in [9.17, 15) is 9.90 Å². The standard InChI is InChI=1S/C14H10O2/c15-13-8-7-11-10-4-2-1-3-9(10)5-6-12(11)14(13)16/h1-8,14,16H. The van der Waals surface area contributed by atoms with Crippen molar-refractivity contribution in [1.29, 1.82) is 0 Å². The largest absolute Gasteiger partial charge is 0.380 e. The fourth-order valence-corrected chi connectivity index (χ4v) is 2.15. The monoisotopic (exact) mass is 210 g/mol. The van der Waals surface area contributed by atoms with Gasteiger partial charge in [0.25, 0.3) is 0 Å². The van der Waals surface area contributed by atoms with Gasteiger partial charge in [0.15, 0.2) is 5.78 Å². The summed E-state index contributed by atoms with van der Waals surface area (Å²) in [6.45, 7) is 0. The van der Waals surface area contributed by atoms with Crippen LogP contribution in [0.5, 0.6) is 0 Å². The number of rotatable bonds is 0. The highest BCUT2D eigenvalue weighted by Gasteiger charge is 2.22. The molecule has 0 amide bonds. The Kier molecular flexibility index (Phi) is 1.91. The van der Waals surface area contributed by atoms with Crippen LogP contribution < -0.4 is 0 Å². The maximum Gasteiger partial charge on any atom is 0.188 e. The van der Waals surface area contributed by atoms with Gasteiger partial charge >= 0.3 is 0 Å². The molecule has 1 unspecified atom stereocenters. The van der Waals surface area contributed by atoms with Crippen LogP contribution in [0.15, 0.2) is 42.5 Å². The Labute approximate surface area is 92.8 Å². The molecule has 16 heavy (non-hydrogen) atoms. The van der Waals surface area contributed by atoms with E-state index >= 15 is 0 Å². The summed E-state index contributed by atoms with van der Waals surface area (Å²) in [5, 5.41) is 12.0. The van der Waals surface area contributed by atoms with E-state index in [-0.39, 0.29) is 5.78 Å². The van der Waals surface area contributed by atoms with Crippen molar-refractivity contribution in [2.24, 2.45) is 0 Å². The number of aliphatic hydroxyl groups is 1. The number of ketones is 1. The zero-order valence-corrected chi connectivity index (χ0v) is 8.55. The van der Waals surface area contributed by atoms with Gasteiger partial charge in [-0.1, -0.05) is 42.5 Å². The maximum atomic E-state index is 11.4. The molecule has 1 atom stereocenters. The Morgan fingerprint density at radius 3 is 2.69 bits per heavy atom. The van der Waals surface area contributed by atoms with Crippen LogP contribution in [0.3, 0.4) is 0 Å². The lowest BCUT2D eigenvalue weighted by Crippen LogP contribution is -2.13. The highest BCUT2D eigenvalue weighted by atomic mass is 16.3. The van der Waals surface area contributed by atoms with Crippen molar-refractivity contribution < 1.29 is 9.90 Å². The van der Waals surface area contributed by atoms with E-state index in [0.717, 1.165) is 16.3 Å². The van der Waals surface area contributed by atoms with E-state index in [1.807, 2.05) is 36.4 Å². The van der Waals surface area contributed by atoms with Crippen molar-refractivity contribution in [1.82, 2.24) is 0 Å². The van der Waals surface area contributed by atoms with E-state index in [1.165, 1.54) is 6.08 Å². The van der Waals surface area contributed by atoms with E-state index in [2.05, 4.69) is 0 Å². The summed E-state index contributed by atoms with van der Waals surface area (Å²) in [5.41, 5.74) is 1.65. The Bertz CT molecular complexity index is 611. The first-order chi connectivity index (χ1) is 7.77. The molecule has 1 aliphatic rings. The van der Waals surface area contributed by atoms with E-state index < -0.39 is 6.10 Å². The number of carbonyl (C=O) groups excluding carboxylic acids is 1. The highest BCUT2D eigenvalue weighted by molar-refractivity contribution is 6.05. The lowest BCUT2D eigenvalue weighted by molar-refractivity contribution is -0.122. The van der Waals surface area contributed by atoms with Gasteiger partial charge in [0.1, 0.15) is 6.10 Å². The smallest absolute Gasteiger partial charge is 0.188 e. The van der Waals surface area contributed by atoms with E-state index in [0.29, 0.717) is 5.56 Å². The molecular weight excluding hydrogens is 200 g/mol. The van der Waals surface area contributed by atoms with Crippen LogP contribution in [0.25, 0.3) is 16.8 Å². The third-order valence-corrected chi connectivity index (χ3v) is 2.98. The topological polar surface area (TPSA) is 37.3 Å². The van der Waals surface area contributed by atoms with Crippen LogP contribution in [0.2, 0.25) is 0 Å². The molecule has 0 aromatic heterocycles. The average Bonchev–Trinajstić information content (AvgIpc) is 2.33. The first-order valence-electron chi connectivity index (χ1n) is 5.19. The summed E-state index contributed by atoms with van der Waals surface area (Å²) in [7, 11) is 0. The molecule has 2 aromatic rings. The minimum atomic E-state index is -1.01. The number of carbonyl (C=O) groups is 1. The SMILES string of the molecule is O=C1C=Cc2c(ccc3ccccc23)C1O. The third-order valence-electron chi connectivity index (χ3n) is 2.98. The maximum absolute atomic E-state index is 11.4. The molecule has 78 valence electrons. The van der Waals surface area contributed by atoms with E-state index in [1.54, 1.807) is 6.08 Å². The third kappa shape index (κ3) is 1.20. The lowest BCUT2D eigenvalue weighted by Gasteiger charge is -2.17. The first kappa shape index (κ1) is 9.31. The molecule has 2 aromatic carbocycles. The van der Waals surface area contributed by atoms with Gasteiger partial charge in [-0.25, -0.2) is 0 Å². The summed E-state index contributed by atoms with van der Waals surface area (Å²) in [4.78, 5) is 11.4. The average molecular weight is 210 g/mol. The molecule has 0 heterocycles. The quantitative estimate of drug-likeness (QED) is 0.725. The van der Waals surface area contributed by atoms with Gasteiger partial charge < -0.3 is 5.11 Å². The van der Waals surface area contributed by atoms with Crippen LogP contribution >= 0.6 is 0 Å². The summed E-state index contributed by atoms with van der Waals surface area (Å²) < 4.78 is 0. The lowest BCUT2D eigenvalue weighted by atomic mass is 9.90. The number of aliphatic hydroxyl groups excluding tert-OH is 1. The number of fused-ring (bicyclic) bond motifs is 3. The van der Waals surface area contributed by atoms with Crippen molar-refractivity contribution in [3.05, 3.63) is 53.6 Å². The van der Waals surface area contributed by atoms with Gasteiger partial charge in [-0.05, 0) is 28.0 Å². The molecule has 0 saturated carbocycles. The molecule has 1 aliphatic carbocycles. The fraction of sp³-hybridized carbons (Fsp3) is 0.0714. The number of hydrogen-bond acceptors (Lipinski definition) is 2. The zero-order valence-electron chi connectivity index (χ0n) is 8.55. The van der Waals surface area contributed by atoms with Crippen LogP contribution in [0, 0.1) is 0 Å². The predicted molar refractivity (Wildman–Crippen MR) is 62.9 cm³/mol. The van der Waals surface area contributed by atoms with Gasteiger partial charge in [0, 0.05) is 0 Å². The molecule has 2 heteroatoms. The van der Waals surface area contributed by atoms with Gasteiger partial charge in [0.05, 0.1) is 0 Å². The molecule has 0 spiro atoms. The summed E-state index contributed by atoms with van der Waals surface area (Å²) >= 11 is 0. The van der Waals surface area contributed by atoms with Crippen molar-refractivity contribution in [3.63, 3.8) is 0 Å². The molecule has 1 N–H and O–H groups in total. The Balaban J connectivity index is 2.38. The molecule has 0 aliphatic heterocycles. The van der Waals surface area contributed by atoms with Gasteiger partial charge in [-0.15, -0.1) is 0 Å².